The number of nitrogens with one attached hydrogen (secondary N) is 1. The van der Waals surface area contributed by atoms with Crippen molar-refractivity contribution in [3.05, 3.63) is 65.5 Å². The summed E-state index contributed by atoms with van der Waals surface area (Å²) in [6.07, 6.45) is 0.809. The molecule has 26 heavy (non-hydrogen) atoms. The van der Waals surface area contributed by atoms with Gasteiger partial charge in [0.2, 0.25) is 5.91 Å². The number of primary amides is 1. The molecule has 3 rings (SSSR count). The number of hydrogen-bond acceptors (Lipinski definition) is 3. The van der Waals surface area contributed by atoms with Crippen LogP contribution in [0.15, 0.2) is 48.5 Å². The van der Waals surface area contributed by atoms with E-state index in [-0.39, 0.29) is 11.6 Å². The first-order chi connectivity index (χ1) is 12.5. The lowest BCUT2D eigenvalue weighted by molar-refractivity contribution is 0.0949. The van der Waals surface area contributed by atoms with Gasteiger partial charge >= 0.3 is 0 Å². The molecule has 5 heteroatoms. The van der Waals surface area contributed by atoms with E-state index in [4.69, 9.17) is 5.73 Å². The third-order valence-corrected chi connectivity index (χ3v) is 4.22. The van der Waals surface area contributed by atoms with Crippen LogP contribution in [0.25, 0.3) is 21.9 Å². The highest BCUT2D eigenvalue weighted by Gasteiger charge is 2.22. The van der Waals surface area contributed by atoms with Crippen molar-refractivity contribution in [3.63, 3.8) is 0 Å². The highest BCUT2D eigenvalue weighted by molar-refractivity contribution is 6.11. The minimum atomic E-state index is -0.581. The standard InChI is InChI=1S/C21H21N3O2/c1-3-11-23-21(26)19-18(17(20(22)25)12-13(2)24-19)16-10-6-8-14-7-4-5-9-15(14)16/h4-10,12H,3,11H2,1-2H3,(H2,22,25)(H,23,26). The average molecular weight is 347 g/mol. The van der Waals surface area contributed by atoms with Crippen molar-refractivity contribution < 1.29 is 9.59 Å². The number of aromatic nitrogens is 1. The number of fused-ring (bicyclic) bond motifs is 1. The summed E-state index contributed by atoms with van der Waals surface area (Å²) in [7, 11) is 0. The van der Waals surface area contributed by atoms with Gasteiger partial charge in [-0.3, -0.25) is 9.59 Å². The van der Waals surface area contributed by atoms with Gasteiger partial charge in [0.25, 0.3) is 5.91 Å². The predicted octanol–water partition coefficient (Wildman–Crippen LogP) is 3.45. The molecule has 2 aromatic carbocycles. The van der Waals surface area contributed by atoms with E-state index in [0.29, 0.717) is 23.4 Å². The Bertz CT molecular complexity index is 990. The molecule has 1 aromatic heterocycles. The lowest BCUT2D eigenvalue weighted by Crippen LogP contribution is -2.27. The number of hydrogen-bond donors (Lipinski definition) is 2. The van der Waals surface area contributed by atoms with Crippen LogP contribution in [0.5, 0.6) is 0 Å². The predicted molar refractivity (Wildman–Crippen MR) is 103 cm³/mol. The van der Waals surface area contributed by atoms with Crippen LogP contribution in [0.3, 0.4) is 0 Å². The Morgan fingerprint density at radius 2 is 1.85 bits per heavy atom. The SMILES string of the molecule is CCCNC(=O)c1nc(C)cc(C(N)=O)c1-c1cccc2ccccc12. The third kappa shape index (κ3) is 3.28. The average Bonchev–Trinajstić information content (AvgIpc) is 2.65. The minimum absolute atomic E-state index is 0.226. The van der Waals surface area contributed by atoms with E-state index >= 15 is 0 Å². The first kappa shape index (κ1) is 17.6. The highest BCUT2D eigenvalue weighted by atomic mass is 16.2. The van der Waals surface area contributed by atoms with Gasteiger partial charge in [0.15, 0.2) is 0 Å². The molecule has 1 heterocycles. The molecule has 3 aromatic rings. The molecule has 5 nitrogen and oxygen atoms in total. The Labute approximate surface area is 152 Å². The summed E-state index contributed by atoms with van der Waals surface area (Å²) in [6.45, 7) is 4.26. The number of amides is 2. The maximum absolute atomic E-state index is 12.7. The molecular weight excluding hydrogens is 326 g/mol. The van der Waals surface area contributed by atoms with Gasteiger partial charge in [-0.15, -0.1) is 0 Å². The molecule has 0 spiro atoms. The van der Waals surface area contributed by atoms with E-state index < -0.39 is 5.91 Å². The van der Waals surface area contributed by atoms with E-state index in [9.17, 15) is 9.59 Å². The fourth-order valence-electron chi connectivity index (χ4n) is 3.07. The molecule has 0 bridgehead atoms. The molecule has 0 saturated heterocycles. The zero-order chi connectivity index (χ0) is 18.7. The Morgan fingerprint density at radius 1 is 1.12 bits per heavy atom. The molecule has 3 N–H and O–H groups in total. The molecule has 0 aliphatic heterocycles. The van der Waals surface area contributed by atoms with Crippen LogP contribution in [0.4, 0.5) is 0 Å². The lowest BCUT2D eigenvalue weighted by Gasteiger charge is -2.15. The Hall–Kier alpha value is -3.21. The number of carbonyl (C=O) groups excluding carboxylic acids is 2. The van der Waals surface area contributed by atoms with E-state index in [0.717, 1.165) is 22.8 Å². The minimum Gasteiger partial charge on any atom is -0.366 e. The van der Waals surface area contributed by atoms with Crippen molar-refractivity contribution in [2.24, 2.45) is 5.73 Å². The fraction of sp³-hybridized carbons (Fsp3) is 0.190. The normalized spacial score (nSPS) is 10.7. The summed E-state index contributed by atoms with van der Waals surface area (Å²) in [4.78, 5) is 29.3. The molecule has 0 aliphatic carbocycles. The van der Waals surface area contributed by atoms with Crippen molar-refractivity contribution in [2.75, 3.05) is 6.54 Å². The van der Waals surface area contributed by atoms with Gasteiger partial charge in [-0.05, 0) is 35.7 Å². The van der Waals surface area contributed by atoms with Gasteiger partial charge in [-0.1, -0.05) is 49.4 Å². The summed E-state index contributed by atoms with van der Waals surface area (Å²) >= 11 is 0. The van der Waals surface area contributed by atoms with Crippen molar-refractivity contribution in [1.82, 2.24) is 10.3 Å². The second-order valence-corrected chi connectivity index (χ2v) is 6.18. The molecule has 0 aliphatic rings. The van der Waals surface area contributed by atoms with Crippen LogP contribution in [0.2, 0.25) is 0 Å². The Balaban J connectivity index is 2.33. The fourth-order valence-corrected chi connectivity index (χ4v) is 3.07. The molecular formula is C21H21N3O2. The molecule has 0 fully saturated rings. The number of carbonyl (C=O) groups is 2. The Morgan fingerprint density at radius 3 is 2.58 bits per heavy atom. The number of aryl methyl sites for hydroxylation is 1. The smallest absolute Gasteiger partial charge is 0.270 e. The molecule has 0 atom stereocenters. The highest BCUT2D eigenvalue weighted by Crippen LogP contribution is 2.33. The number of nitrogens with two attached hydrogens (primary N) is 1. The van der Waals surface area contributed by atoms with E-state index in [1.165, 1.54) is 0 Å². The molecule has 132 valence electrons. The van der Waals surface area contributed by atoms with Crippen LogP contribution in [-0.2, 0) is 0 Å². The topological polar surface area (TPSA) is 85.1 Å². The molecule has 0 radical (unpaired) electrons. The van der Waals surface area contributed by atoms with Gasteiger partial charge in [0.1, 0.15) is 5.69 Å². The zero-order valence-electron chi connectivity index (χ0n) is 14.9. The summed E-state index contributed by atoms with van der Waals surface area (Å²) in [6, 6.07) is 15.2. The summed E-state index contributed by atoms with van der Waals surface area (Å²) in [5.74, 6) is -0.885. The second-order valence-electron chi connectivity index (χ2n) is 6.18. The van der Waals surface area contributed by atoms with Crippen molar-refractivity contribution in [2.45, 2.75) is 20.3 Å². The third-order valence-electron chi connectivity index (χ3n) is 4.22. The van der Waals surface area contributed by atoms with Crippen molar-refractivity contribution in [3.8, 4) is 11.1 Å². The van der Waals surface area contributed by atoms with Crippen LogP contribution < -0.4 is 11.1 Å². The number of nitrogens with zero attached hydrogens (tertiary/aromatic N) is 1. The maximum Gasteiger partial charge on any atom is 0.270 e. The Kier molecular flexibility index (Phi) is 4.98. The first-order valence-electron chi connectivity index (χ1n) is 8.60. The van der Waals surface area contributed by atoms with Crippen molar-refractivity contribution >= 4 is 22.6 Å². The first-order valence-corrected chi connectivity index (χ1v) is 8.60. The van der Waals surface area contributed by atoms with E-state index in [1.807, 2.05) is 49.4 Å². The lowest BCUT2D eigenvalue weighted by atomic mass is 9.92. The largest absolute Gasteiger partial charge is 0.366 e. The van der Waals surface area contributed by atoms with Crippen molar-refractivity contribution in [1.29, 1.82) is 0 Å². The van der Waals surface area contributed by atoms with Crippen LogP contribution in [-0.4, -0.2) is 23.3 Å². The van der Waals surface area contributed by atoms with Crippen LogP contribution in [0.1, 0.15) is 39.9 Å². The van der Waals surface area contributed by atoms with Gasteiger partial charge in [-0.25, -0.2) is 4.98 Å². The van der Waals surface area contributed by atoms with E-state index in [1.54, 1.807) is 13.0 Å². The maximum atomic E-state index is 12.7. The van der Waals surface area contributed by atoms with E-state index in [2.05, 4.69) is 10.3 Å². The van der Waals surface area contributed by atoms with Gasteiger partial charge < -0.3 is 11.1 Å². The van der Waals surface area contributed by atoms with Crippen LogP contribution in [0, 0.1) is 6.92 Å². The van der Waals surface area contributed by atoms with Gasteiger partial charge in [0, 0.05) is 17.8 Å². The molecule has 0 unspecified atom stereocenters. The number of pyridine rings is 1. The van der Waals surface area contributed by atoms with Gasteiger partial charge in [0.05, 0.1) is 5.56 Å². The van der Waals surface area contributed by atoms with Crippen LogP contribution >= 0.6 is 0 Å². The summed E-state index contributed by atoms with van der Waals surface area (Å²) in [5.41, 5.74) is 7.99. The summed E-state index contributed by atoms with van der Waals surface area (Å²) in [5, 5.41) is 4.80. The quantitative estimate of drug-likeness (QED) is 0.741. The zero-order valence-corrected chi connectivity index (χ0v) is 14.9. The summed E-state index contributed by atoms with van der Waals surface area (Å²) < 4.78 is 0. The van der Waals surface area contributed by atoms with Gasteiger partial charge in [-0.2, -0.15) is 0 Å². The molecule has 0 saturated carbocycles. The second kappa shape index (κ2) is 7.35. The number of benzene rings is 2. The molecule has 2 amide bonds. The monoisotopic (exact) mass is 347 g/mol. The number of rotatable bonds is 5.